The largest absolute Gasteiger partial charge is 0.480 e. The summed E-state index contributed by atoms with van der Waals surface area (Å²) in [5.74, 6) is -0.901. The molecular formula is C14H21N3O2. The van der Waals surface area contributed by atoms with E-state index in [0.29, 0.717) is 11.4 Å². The van der Waals surface area contributed by atoms with Crippen molar-refractivity contribution in [1.29, 1.82) is 0 Å². The minimum atomic E-state index is -1.17. The molecule has 2 N–H and O–H groups in total. The van der Waals surface area contributed by atoms with Crippen molar-refractivity contribution in [3.05, 3.63) is 23.8 Å². The number of aliphatic carboxylic acids is 1. The van der Waals surface area contributed by atoms with Crippen molar-refractivity contribution in [3.8, 4) is 0 Å². The van der Waals surface area contributed by atoms with E-state index in [0.717, 1.165) is 25.7 Å². The third-order valence-corrected chi connectivity index (χ3v) is 3.88. The summed E-state index contributed by atoms with van der Waals surface area (Å²) >= 11 is 0. The number of aryl methyl sites for hydroxylation is 1. The van der Waals surface area contributed by atoms with Gasteiger partial charge in [0.1, 0.15) is 0 Å². The predicted molar refractivity (Wildman–Crippen MR) is 71.8 cm³/mol. The lowest BCUT2D eigenvalue weighted by Crippen LogP contribution is -2.52. The van der Waals surface area contributed by atoms with Crippen molar-refractivity contribution < 1.29 is 9.90 Å². The fraction of sp³-hybridized carbons (Fsp3) is 0.643. The van der Waals surface area contributed by atoms with Gasteiger partial charge in [0, 0.05) is 18.4 Å². The van der Waals surface area contributed by atoms with Gasteiger partial charge in [-0.25, -0.2) is 4.79 Å². The Morgan fingerprint density at radius 3 is 2.53 bits per heavy atom. The number of nitrogens with one attached hydrogen (secondary N) is 1. The van der Waals surface area contributed by atoms with E-state index in [1.165, 1.54) is 6.42 Å². The Balaban J connectivity index is 2.27. The molecule has 0 radical (unpaired) electrons. The summed E-state index contributed by atoms with van der Waals surface area (Å²) in [4.78, 5) is 20.1. The van der Waals surface area contributed by atoms with Gasteiger partial charge in [0.2, 0.25) is 0 Å². The molecule has 5 nitrogen and oxygen atoms in total. The lowest BCUT2D eigenvalue weighted by molar-refractivity contribution is -0.145. The molecule has 1 heterocycles. The summed E-state index contributed by atoms with van der Waals surface area (Å²) in [6, 6.07) is 0.247. The third kappa shape index (κ3) is 2.92. The lowest BCUT2D eigenvalue weighted by Gasteiger charge is -2.33. The minimum absolute atomic E-state index is 0.247. The summed E-state index contributed by atoms with van der Waals surface area (Å²) in [5, 5.41) is 12.9. The quantitative estimate of drug-likeness (QED) is 0.869. The molecule has 0 saturated heterocycles. The third-order valence-electron chi connectivity index (χ3n) is 3.88. The van der Waals surface area contributed by atoms with E-state index in [1.54, 1.807) is 26.2 Å². The van der Waals surface area contributed by atoms with Crippen LogP contribution in [0.1, 0.15) is 50.4 Å². The number of hydrogen-bond donors (Lipinski definition) is 2. The molecule has 1 aromatic heterocycles. The zero-order valence-electron chi connectivity index (χ0n) is 11.5. The van der Waals surface area contributed by atoms with Crippen molar-refractivity contribution in [2.24, 2.45) is 0 Å². The molecule has 1 aliphatic rings. The van der Waals surface area contributed by atoms with E-state index in [2.05, 4.69) is 15.3 Å². The summed E-state index contributed by atoms with van der Waals surface area (Å²) in [6.45, 7) is 3.48. The molecule has 1 fully saturated rings. The molecule has 2 rings (SSSR count). The smallest absolute Gasteiger partial charge is 0.329 e. The number of hydrogen-bond acceptors (Lipinski definition) is 4. The van der Waals surface area contributed by atoms with Gasteiger partial charge in [-0.3, -0.25) is 15.3 Å². The second-order valence-electron chi connectivity index (χ2n) is 5.40. The number of carboxylic acids is 1. The molecule has 104 valence electrons. The van der Waals surface area contributed by atoms with Crippen molar-refractivity contribution >= 4 is 5.97 Å². The number of carboxylic acid groups (broad SMARTS) is 1. The van der Waals surface area contributed by atoms with Crippen LogP contribution in [0.3, 0.4) is 0 Å². The van der Waals surface area contributed by atoms with Crippen molar-refractivity contribution in [3.63, 3.8) is 0 Å². The van der Waals surface area contributed by atoms with Crippen molar-refractivity contribution in [1.82, 2.24) is 15.3 Å². The van der Waals surface area contributed by atoms with E-state index in [4.69, 9.17) is 0 Å². The number of carbonyl (C=O) groups is 1. The first-order chi connectivity index (χ1) is 9.04. The zero-order chi connectivity index (χ0) is 13.9. The molecule has 0 spiro atoms. The summed E-state index contributed by atoms with van der Waals surface area (Å²) in [5.41, 5.74) is 0.00385. The Morgan fingerprint density at radius 2 is 1.95 bits per heavy atom. The SMILES string of the molecule is Cc1nccnc1C(C)(NC1CCCCC1)C(=O)O. The normalized spacial score (nSPS) is 19.9. The second-order valence-corrected chi connectivity index (χ2v) is 5.40. The van der Waals surface area contributed by atoms with Gasteiger partial charge in [-0.1, -0.05) is 19.3 Å². The average molecular weight is 263 g/mol. The van der Waals surface area contributed by atoms with E-state index >= 15 is 0 Å². The van der Waals surface area contributed by atoms with Gasteiger partial charge in [0.25, 0.3) is 0 Å². The van der Waals surface area contributed by atoms with Crippen molar-refractivity contribution in [2.75, 3.05) is 0 Å². The van der Waals surface area contributed by atoms with Crippen LogP contribution in [-0.4, -0.2) is 27.1 Å². The second kappa shape index (κ2) is 5.65. The maximum absolute atomic E-state index is 11.7. The Labute approximate surface area is 113 Å². The fourth-order valence-electron chi connectivity index (χ4n) is 2.79. The first-order valence-electron chi connectivity index (χ1n) is 6.83. The summed E-state index contributed by atoms with van der Waals surface area (Å²) in [7, 11) is 0. The van der Waals surface area contributed by atoms with E-state index in [-0.39, 0.29) is 6.04 Å². The van der Waals surface area contributed by atoms with Crippen LogP contribution in [0.2, 0.25) is 0 Å². The highest BCUT2D eigenvalue weighted by molar-refractivity contribution is 5.80. The van der Waals surface area contributed by atoms with E-state index in [9.17, 15) is 9.90 Å². The first kappa shape index (κ1) is 13.9. The Hall–Kier alpha value is -1.49. The molecule has 0 aliphatic heterocycles. The van der Waals surface area contributed by atoms with Gasteiger partial charge in [0.15, 0.2) is 5.54 Å². The molecule has 0 bridgehead atoms. The van der Waals surface area contributed by atoms with Gasteiger partial charge in [0.05, 0.1) is 11.4 Å². The maximum Gasteiger partial charge on any atom is 0.329 e. The maximum atomic E-state index is 11.7. The van der Waals surface area contributed by atoms with Crippen LogP contribution >= 0.6 is 0 Å². The molecule has 1 aliphatic carbocycles. The van der Waals surface area contributed by atoms with E-state index < -0.39 is 11.5 Å². The van der Waals surface area contributed by atoms with Gasteiger partial charge in [-0.2, -0.15) is 0 Å². The standard InChI is InChI=1S/C14H21N3O2/c1-10-12(16-9-8-15-10)14(2,13(18)19)17-11-6-4-3-5-7-11/h8-9,11,17H,3-7H2,1-2H3,(H,18,19). The molecular weight excluding hydrogens is 242 g/mol. The van der Waals surface area contributed by atoms with Crippen LogP contribution in [0, 0.1) is 6.92 Å². The molecule has 5 heteroatoms. The van der Waals surface area contributed by atoms with Gasteiger partial charge >= 0.3 is 5.97 Å². The highest BCUT2D eigenvalue weighted by Crippen LogP contribution is 2.26. The van der Waals surface area contributed by atoms with Gasteiger partial charge in [-0.15, -0.1) is 0 Å². The average Bonchev–Trinajstić information content (AvgIpc) is 2.40. The summed E-state index contributed by atoms with van der Waals surface area (Å²) in [6.07, 6.45) is 8.75. The Kier molecular flexibility index (Phi) is 4.14. The van der Waals surface area contributed by atoms with Crippen LogP contribution < -0.4 is 5.32 Å². The summed E-state index contributed by atoms with van der Waals surface area (Å²) < 4.78 is 0. The zero-order valence-corrected chi connectivity index (χ0v) is 11.5. The molecule has 1 atom stereocenters. The van der Waals surface area contributed by atoms with E-state index in [1.807, 2.05) is 0 Å². The van der Waals surface area contributed by atoms with Crippen LogP contribution in [0.25, 0.3) is 0 Å². The topological polar surface area (TPSA) is 75.1 Å². The highest BCUT2D eigenvalue weighted by atomic mass is 16.4. The molecule has 1 aromatic rings. The molecule has 1 saturated carbocycles. The molecule has 1 unspecified atom stereocenters. The minimum Gasteiger partial charge on any atom is -0.480 e. The van der Waals surface area contributed by atoms with Crippen LogP contribution in [0.15, 0.2) is 12.4 Å². The Morgan fingerprint density at radius 1 is 1.32 bits per heavy atom. The molecule has 19 heavy (non-hydrogen) atoms. The number of rotatable bonds is 4. The number of aromatic nitrogens is 2. The van der Waals surface area contributed by atoms with Gasteiger partial charge < -0.3 is 5.11 Å². The van der Waals surface area contributed by atoms with Crippen molar-refractivity contribution in [2.45, 2.75) is 57.5 Å². The Bertz CT molecular complexity index is 458. The first-order valence-corrected chi connectivity index (χ1v) is 6.83. The van der Waals surface area contributed by atoms with Gasteiger partial charge in [-0.05, 0) is 26.7 Å². The monoisotopic (exact) mass is 263 g/mol. The molecule has 0 aromatic carbocycles. The fourth-order valence-corrected chi connectivity index (χ4v) is 2.79. The number of nitrogens with zero attached hydrogens (tertiary/aromatic N) is 2. The van der Waals surface area contributed by atoms with Crippen LogP contribution in [0.4, 0.5) is 0 Å². The lowest BCUT2D eigenvalue weighted by atomic mass is 9.89. The van der Waals surface area contributed by atoms with Crippen LogP contribution in [0.5, 0.6) is 0 Å². The van der Waals surface area contributed by atoms with Crippen LogP contribution in [-0.2, 0) is 10.3 Å². The highest BCUT2D eigenvalue weighted by Gasteiger charge is 2.40. The molecule has 0 amide bonds. The predicted octanol–water partition coefficient (Wildman–Crippen LogP) is 2.01.